The molecule has 0 aliphatic rings. The summed E-state index contributed by atoms with van der Waals surface area (Å²) in [7, 11) is 0. The lowest BCUT2D eigenvalue weighted by Crippen LogP contribution is -1.94. The van der Waals surface area contributed by atoms with Gasteiger partial charge in [-0.1, -0.05) is 11.8 Å². The molecule has 5 heteroatoms. The van der Waals surface area contributed by atoms with Crippen molar-refractivity contribution >= 4 is 11.9 Å². The summed E-state index contributed by atoms with van der Waals surface area (Å²) < 4.78 is 0. The molecule has 0 aliphatic heterocycles. The average molecular weight is 177 g/mol. The fourth-order valence-corrected chi connectivity index (χ4v) is 0.624. The maximum atomic E-state index is 10.1. The molecule has 3 N–H and O–H groups in total. The van der Waals surface area contributed by atoms with Gasteiger partial charge in [0, 0.05) is 12.4 Å². The molecule has 0 spiro atoms. The first-order valence-corrected chi connectivity index (χ1v) is 3.46. The maximum absolute atomic E-state index is 10.1. The Kier molecular flexibility index (Phi) is 2.82. The van der Waals surface area contributed by atoms with Crippen LogP contribution < -0.4 is 5.73 Å². The van der Waals surface area contributed by atoms with E-state index in [1.807, 2.05) is 0 Å². The predicted octanol–water partition coefficient (Wildman–Crippen LogP) is -0.115. The van der Waals surface area contributed by atoms with Crippen LogP contribution in [0.3, 0.4) is 0 Å². The van der Waals surface area contributed by atoms with Crippen molar-refractivity contribution in [3.63, 3.8) is 0 Å². The minimum atomic E-state index is -0.955. The topological polar surface area (TPSA) is 89.1 Å². The molecule has 0 saturated carbocycles. The van der Waals surface area contributed by atoms with Gasteiger partial charge < -0.3 is 10.8 Å². The van der Waals surface area contributed by atoms with Gasteiger partial charge in [0.2, 0.25) is 5.95 Å². The molecule has 0 fully saturated rings. The number of hydrogen-bond donors (Lipinski definition) is 2. The summed E-state index contributed by atoms with van der Waals surface area (Å²) in [4.78, 5) is 17.5. The lowest BCUT2D eigenvalue weighted by atomic mass is 10.3. The molecule has 0 bridgehead atoms. The van der Waals surface area contributed by atoms with Crippen molar-refractivity contribution in [3.05, 3.63) is 18.0 Å². The third kappa shape index (κ3) is 3.20. The Morgan fingerprint density at radius 3 is 2.69 bits per heavy atom. The monoisotopic (exact) mass is 177 g/mol. The van der Waals surface area contributed by atoms with Crippen LogP contribution in [-0.2, 0) is 4.79 Å². The summed E-state index contributed by atoms with van der Waals surface area (Å²) >= 11 is 0. The van der Waals surface area contributed by atoms with E-state index < -0.39 is 5.97 Å². The van der Waals surface area contributed by atoms with E-state index in [0.717, 1.165) is 0 Å². The van der Waals surface area contributed by atoms with E-state index in [9.17, 15) is 4.79 Å². The van der Waals surface area contributed by atoms with Gasteiger partial charge in [-0.3, -0.25) is 4.79 Å². The minimum Gasteiger partial charge on any atom is -0.481 e. The van der Waals surface area contributed by atoms with Crippen LogP contribution in [0.2, 0.25) is 0 Å². The molecule has 1 heterocycles. The molecule has 0 atom stereocenters. The van der Waals surface area contributed by atoms with Crippen molar-refractivity contribution in [2.24, 2.45) is 0 Å². The fraction of sp³-hybridized carbons (Fsp3) is 0.125. The lowest BCUT2D eigenvalue weighted by molar-refractivity contribution is -0.135. The highest BCUT2D eigenvalue weighted by atomic mass is 16.4. The Bertz CT molecular complexity index is 361. The maximum Gasteiger partial charge on any atom is 0.315 e. The molecule has 0 saturated heterocycles. The second-order valence-corrected chi connectivity index (χ2v) is 2.20. The molecule has 0 amide bonds. The van der Waals surface area contributed by atoms with E-state index in [1.165, 1.54) is 12.4 Å². The lowest BCUT2D eigenvalue weighted by Gasteiger charge is -1.89. The summed E-state index contributed by atoms with van der Waals surface area (Å²) in [5, 5.41) is 8.28. The smallest absolute Gasteiger partial charge is 0.315 e. The summed E-state index contributed by atoms with van der Waals surface area (Å²) in [6.45, 7) is 0. The molecule has 66 valence electrons. The third-order valence-electron chi connectivity index (χ3n) is 1.14. The zero-order valence-corrected chi connectivity index (χ0v) is 6.69. The van der Waals surface area contributed by atoms with Crippen LogP contribution in [0.1, 0.15) is 12.0 Å². The number of aromatic nitrogens is 2. The molecule has 0 aliphatic carbocycles. The summed E-state index contributed by atoms with van der Waals surface area (Å²) in [6, 6.07) is 0. The van der Waals surface area contributed by atoms with Gasteiger partial charge in [-0.25, -0.2) is 9.97 Å². The number of carboxylic acids is 1. The number of carboxylic acid groups (broad SMARTS) is 1. The van der Waals surface area contributed by atoms with Crippen molar-refractivity contribution in [2.45, 2.75) is 6.42 Å². The highest BCUT2D eigenvalue weighted by Crippen LogP contribution is 1.93. The van der Waals surface area contributed by atoms with Gasteiger partial charge in [-0.15, -0.1) is 0 Å². The first-order valence-electron chi connectivity index (χ1n) is 3.46. The molecule has 13 heavy (non-hydrogen) atoms. The van der Waals surface area contributed by atoms with Gasteiger partial charge in [0.25, 0.3) is 0 Å². The van der Waals surface area contributed by atoms with E-state index in [-0.39, 0.29) is 12.4 Å². The van der Waals surface area contributed by atoms with E-state index in [1.54, 1.807) is 0 Å². The molecule has 1 aromatic heterocycles. The number of anilines is 1. The summed E-state index contributed by atoms with van der Waals surface area (Å²) in [6.07, 6.45) is 2.69. The first-order chi connectivity index (χ1) is 6.18. The summed E-state index contributed by atoms with van der Waals surface area (Å²) in [5.74, 6) is 4.26. The second-order valence-electron chi connectivity index (χ2n) is 2.20. The largest absolute Gasteiger partial charge is 0.481 e. The molecule has 0 unspecified atom stereocenters. The quantitative estimate of drug-likeness (QED) is 0.584. The number of carbonyl (C=O) groups is 1. The van der Waals surface area contributed by atoms with Crippen LogP contribution in [0.25, 0.3) is 0 Å². The SMILES string of the molecule is Nc1ncc(C#CCC(=O)O)cn1. The van der Waals surface area contributed by atoms with Crippen LogP contribution in [0, 0.1) is 11.8 Å². The van der Waals surface area contributed by atoms with Crippen LogP contribution in [-0.4, -0.2) is 21.0 Å². The van der Waals surface area contributed by atoms with Crippen molar-refractivity contribution in [1.82, 2.24) is 9.97 Å². The second kappa shape index (κ2) is 4.07. The van der Waals surface area contributed by atoms with E-state index in [4.69, 9.17) is 10.8 Å². The number of nitrogens with two attached hydrogens (primary N) is 1. The van der Waals surface area contributed by atoms with E-state index >= 15 is 0 Å². The van der Waals surface area contributed by atoms with Gasteiger partial charge in [-0.05, 0) is 0 Å². The van der Waals surface area contributed by atoms with Gasteiger partial charge in [-0.2, -0.15) is 0 Å². The van der Waals surface area contributed by atoms with E-state index in [0.29, 0.717) is 5.56 Å². The van der Waals surface area contributed by atoms with Crippen molar-refractivity contribution < 1.29 is 9.90 Å². The number of rotatable bonds is 1. The van der Waals surface area contributed by atoms with Gasteiger partial charge in [0.1, 0.15) is 6.42 Å². The summed E-state index contributed by atoms with van der Waals surface area (Å²) in [5.41, 5.74) is 5.79. The molecule has 1 rings (SSSR count). The van der Waals surface area contributed by atoms with Crippen LogP contribution in [0.15, 0.2) is 12.4 Å². The van der Waals surface area contributed by atoms with Crippen molar-refractivity contribution in [1.29, 1.82) is 0 Å². The first kappa shape index (κ1) is 9.00. The van der Waals surface area contributed by atoms with Crippen LogP contribution >= 0.6 is 0 Å². The number of aliphatic carboxylic acids is 1. The van der Waals surface area contributed by atoms with E-state index in [2.05, 4.69) is 21.8 Å². The van der Waals surface area contributed by atoms with Crippen molar-refractivity contribution in [3.8, 4) is 11.8 Å². The average Bonchev–Trinajstić information content (AvgIpc) is 2.08. The standard InChI is InChI=1S/C8H7N3O2/c9-8-10-4-6(5-11-8)2-1-3-7(12)13/h4-5H,3H2,(H,12,13)(H2,9,10,11). The number of nitrogen functional groups attached to an aromatic ring is 1. The zero-order chi connectivity index (χ0) is 9.68. The molecular formula is C8H7N3O2. The van der Waals surface area contributed by atoms with Crippen LogP contribution in [0.4, 0.5) is 5.95 Å². The highest BCUT2D eigenvalue weighted by molar-refractivity contribution is 5.70. The molecule has 0 radical (unpaired) electrons. The van der Waals surface area contributed by atoms with Crippen LogP contribution in [0.5, 0.6) is 0 Å². The normalized spacial score (nSPS) is 8.62. The third-order valence-corrected chi connectivity index (χ3v) is 1.14. The van der Waals surface area contributed by atoms with Gasteiger partial charge >= 0.3 is 5.97 Å². The fourth-order valence-electron chi connectivity index (χ4n) is 0.624. The molecule has 5 nitrogen and oxygen atoms in total. The molecule has 0 aromatic carbocycles. The minimum absolute atomic E-state index is 0.170. The Balaban J connectivity index is 2.67. The Morgan fingerprint density at radius 2 is 2.15 bits per heavy atom. The molecular weight excluding hydrogens is 170 g/mol. The zero-order valence-electron chi connectivity index (χ0n) is 6.69. The Hall–Kier alpha value is -2.09. The number of hydrogen-bond acceptors (Lipinski definition) is 4. The van der Waals surface area contributed by atoms with Gasteiger partial charge in [0.15, 0.2) is 0 Å². The molecule has 1 aromatic rings. The Labute approximate surface area is 74.6 Å². The van der Waals surface area contributed by atoms with Crippen molar-refractivity contribution in [2.75, 3.05) is 5.73 Å². The predicted molar refractivity (Wildman–Crippen MR) is 45.6 cm³/mol. The Morgan fingerprint density at radius 1 is 1.54 bits per heavy atom. The highest BCUT2D eigenvalue weighted by Gasteiger charge is 1.90. The number of nitrogens with zero attached hydrogens (tertiary/aromatic N) is 2. The van der Waals surface area contributed by atoms with Gasteiger partial charge in [0.05, 0.1) is 5.56 Å².